The van der Waals surface area contributed by atoms with Crippen LogP contribution in [0.1, 0.15) is 55.1 Å². The highest BCUT2D eigenvalue weighted by molar-refractivity contribution is 7.89. The number of carbonyl (C=O) groups is 1. The molecule has 0 radical (unpaired) electrons. The van der Waals surface area contributed by atoms with Crippen LogP contribution < -0.4 is 0 Å². The van der Waals surface area contributed by atoms with Crippen LogP contribution in [0.25, 0.3) is 0 Å². The smallest absolute Gasteiger partial charge is 0.265 e. The van der Waals surface area contributed by atoms with Crippen molar-refractivity contribution in [1.29, 1.82) is 0 Å². The Morgan fingerprint density at radius 2 is 1.83 bits per heavy atom. The van der Waals surface area contributed by atoms with Crippen molar-refractivity contribution in [1.82, 2.24) is 9.21 Å². The van der Waals surface area contributed by atoms with E-state index in [2.05, 4.69) is 6.92 Å². The molecule has 1 aromatic rings. The van der Waals surface area contributed by atoms with Crippen LogP contribution in [0.15, 0.2) is 16.3 Å². The van der Waals surface area contributed by atoms with Crippen molar-refractivity contribution in [2.24, 2.45) is 5.92 Å². The number of rotatable bonds is 3. The Morgan fingerprint density at radius 3 is 2.58 bits per heavy atom. The molecule has 2 saturated heterocycles. The summed E-state index contributed by atoms with van der Waals surface area (Å²) in [5.41, 5.74) is 0. The van der Waals surface area contributed by atoms with E-state index in [0.29, 0.717) is 23.9 Å². The maximum absolute atomic E-state index is 12.9. The van der Waals surface area contributed by atoms with E-state index in [9.17, 15) is 13.2 Å². The summed E-state index contributed by atoms with van der Waals surface area (Å²) in [6.45, 7) is 4.79. The van der Waals surface area contributed by atoms with Crippen LogP contribution in [0.4, 0.5) is 0 Å². The number of hydrogen-bond donors (Lipinski definition) is 0. The Morgan fingerprint density at radius 1 is 1.08 bits per heavy atom. The standard InChI is InChI=1S/C17H26N2O3S2/c1-14-6-5-9-18(12-7-14)17(20)16-15(8-13-23-16)24(21,22)19-10-3-2-4-11-19/h8,13-14H,2-7,9-12H2,1H3. The first-order chi connectivity index (χ1) is 11.5. The van der Waals surface area contributed by atoms with Crippen LogP contribution in [-0.2, 0) is 10.0 Å². The average molecular weight is 371 g/mol. The molecule has 2 aliphatic rings. The minimum absolute atomic E-state index is 0.116. The predicted molar refractivity (Wildman–Crippen MR) is 95.8 cm³/mol. The number of hydrogen-bond acceptors (Lipinski definition) is 4. The third-order valence-electron chi connectivity index (χ3n) is 5.06. The van der Waals surface area contributed by atoms with E-state index in [-0.39, 0.29) is 10.8 Å². The van der Waals surface area contributed by atoms with E-state index in [1.54, 1.807) is 15.8 Å². The van der Waals surface area contributed by atoms with Gasteiger partial charge in [-0.15, -0.1) is 11.3 Å². The maximum Gasteiger partial charge on any atom is 0.265 e. The molecular weight excluding hydrogens is 344 g/mol. The van der Waals surface area contributed by atoms with Gasteiger partial charge in [0.05, 0.1) is 0 Å². The fourth-order valence-electron chi connectivity index (χ4n) is 3.51. The van der Waals surface area contributed by atoms with E-state index in [4.69, 9.17) is 0 Å². The Bertz CT molecular complexity index is 678. The highest BCUT2D eigenvalue weighted by atomic mass is 32.2. The second-order valence-corrected chi connectivity index (χ2v) is 9.73. The number of amides is 1. The van der Waals surface area contributed by atoms with Gasteiger partial charge in [-0.25, -0.2) is 8.42 Å². The van der Waals surface area contributed by atoms with Crippen LogP contribution in [-0.4, -0.2) is 49.7 Å². The summed E-state index contributed by atoms with van der Waals surface area (Å²) in [5.74, 6) is 0.511. The summed E-state index contributed by atoms with van der Waals surface area (Å²) < 4.78 is 27.4. The van der Waals surface area contributed by atoms with Gasteiger partial charge in [-0.3, -0.25) is 4.79 Å². The van der Waals surface area contributed by atoms with Crippen LogP contribution in [0.2, 0.25) is 0 Å². The molecule has 1 atom stereocenters. The van der Waals surface area contributed by atoms with Crippen molar-refractivity contribution in [2.45, 2.75) is 50.3 Å². The lowest BCUT2D eigenvalue weighted by Crippen LogP contribution is -2.37. The molecule has 2 aliphatic heterocycles. The minimum atomic E-state index is -3.56. The third-order valence-corrected chi connectivity index (χ3v) is 8.03. The van der Waals surface area contributed by atoms with Gasteiger partial charge in [-0.05, 0) is 49.5 Å². The molecule has 134 valence electrons. The molecular formula is C17H26N2O3S2. The van der Waals surface area contributed by atoms with Gasteiger partial charge in [0, 0.05) is 26.2 Å². The zero-order chi connectivity index (χ0) is 17.2. The molecule has 1 amide bonds. The Kier molecular flexibility index (Phi) is 5.62. The quantitative estimate of drug-likeness (QED) is 0.821. The van der Waals surface area contributed by atoms with Gasteiger partial charge in [-0.1, -0.05) is 13.3 Å². The zero-order valence-electron chi connectivity index (χ0n) is 14.2. The van der Waals surface area contributed by atoms with Crippen LogP contribution in [0.3, 0.4) is 0 Å². The summed E-state index contributed by atoms with van der Waals surface area (Å²) >= 11 is 1.25. The normalized spacial score (nSPS) is 23.9. The Labute approximate surface area is 148 Å². The first kappa shape index (κ1) is 17.9. The van der Waals surface area contributed by atoms with Crippen molar-refractivity contribution in [3.8, 4) is 0 Å². The third kappa shape index (κ3) is 3.68. The number of sulfonamides is 1. The number of carbonyl (C=O) groups excluding carboxylic acids is 1. The van der Waals surface area contributed by atoms with Crippen molar-refractivity contribution >= 4 is 27.3 Å². The highest BCUT2D eigenvalue weighted by Gasteiger charge is 2.32. The van der Waals surface area contributed by atoms with E-state index in [0.717, 1.165) is 51.6 Å². The summed E-state index contributed by atoms with van der Waals surface area (Å²) in [4.78, 5) is 15.4. The summed E-state index contributed by atoms with van der Waals surface area (Å²) in [6, 6.07) is 1.60. The average Bonchev–Trinajstić information content (AvgIpc) is 2.99. The number of nitrogens with zero attached hydrogens (tertiary/aromatic N) is 2. The van der Waals surface area contributed by atoms with Gasteiger partial charge >= 0.3 is 0 Å². The summed E-state index contributed by atoms with van der Waals surface area (Å²) in [5, 5.41) is 1.73. The van der Waals surface area contributed by atoms with Gasteiger partial charge in [0.2, 0.25) is 10.0 Å². The van der Waals surface area contributed by atoms with Crippen molar-refractivity contribution < 1.29 is 13.2 Å². The predicted octanol–water partition coefficient (Wildman–Crippen LogP) is 3.18. The Balaban J connectivity index is 1.83. The Hall–Kier alpha value is -0.920. The van der Waals surface area contributed by atoms with Gasteiger partial charge in [0.1, 0.15) is 9.77 Å². The van der Waals surface area contributed by atoms with Crippen LogP contribution >= 0.6 is 11.3 Å². The SMILES string of the molecule is CC1CCCN(C(=O)c2sccc2S(=O)(=O)N2CCCCC2)CC1. The van der Waals surface area contributed by atoms with Gasteiger partial charge < -0.3 is 4.90 Å². The van der Waals surface area contributed by atoms with E-state index in [1.807, 2.05) is 4.90 Å². The molecule has 1 unspecified atom stereocenters. The molecule has 7 heteroatoms. The van der Waals surface area contributed by atoms with Crippen molar-refractivity contribution in [3.05, 3.63) is 16.3 Å². The molecule has 5 nitrogen and oxygen atoms in total. The molecule has 0 aromatic carbocycles. The van der Waals surface area contributed by atoms with E-state index in [1.165, 1.54) is 11.3 Å². The summed E-state index contributed by atoms with van der Waals surface area (Å²) in [6.07, 6.45) is 5.99. The number of piperidine rings is 1. The number of likely N-dealkylation sites (tertiary alicyclic amines) is 1. The molecule has 3 rings (SSSR count). The molecule has 0 bridgehead atoms. The molecule has 0 N–H and O–H groups in total. The molecule has 0 aliphatic carbocycles. The van der Waals surface area contributed by atoms with Gasteiger partial charge in [-0.2, -0.15) is 4.31 Å². The van der Waals surface area contributed by atoms with Crippen molar-refractivity contribution in [2.75, 3.05) is 26.2 Å². The summed E-state index contributed by atoms with van der Waals surface area (Å²) in [7, 11) is -3.56. The lowest BCUT2D eigenvalue weighted by atomic mass is 10.0. The van der Waals surface area contributed by atoms with E-state index >= 15 is 0 Å². The molecule has 1 aromatic heterocycles. The fraction of sp³-hybridized carbons (Fsp3) is 0.706. The first-order valence-corrected chi connectivity index (χ1v) is 11.2. The second kappa shape index (κ2) is 7.54. The number of thiophene rings is 1. The highest BCUT2D eigenvalue weighted by Crippen LogP contribution is 2.29. The lowest BCUT2D eigenvalue weighted by molar-refractivity contribution is 0.0761. The van der Waals surface area contributed by atoms with Crippen molar-refractivity contribution in [3.63, 3.8) is 0 Å². The largest absolute Gasteiger partial charge is 0.338 e. The monoisotopic (exact) mass is 370 g/mol. The fourth-order valence-corrected chi connectivity index (χ4v) is 6.39. The molecule has 2 fully saturated rings. The molecule has 24 heavy (non-hydrogen) atoms. The minimum Gasteiger partial charge on any atom is -0.338 e. The second-order valence-electron chi connectivity index (χ2n) is 6.91. The van der Waals surface area contributed by atoms with Gasteiger partial charge in [0.15, 0.2) is 0 Å². The van der Waals surface area contributed by atoms with Crippen LogP contribution in [0.5, 0.6) is 0 Å². The molecule has 0 spiro atoms. The zero-order valence-corrected chi connectivity index (χ0v) is 15.9. The van der Waals surface area contributed by atoms with E-state index < -0.39 is 10.0 Å². The first-order valence-electron chi connectivity index (χ1n) is 8.87. The van der Waals surface area contributed by atoms with Gasteiger partial charge in [0.25, 0.3) is 5.91 Å². The lowest BCUT2D eigenvalue weighted by Gasteiger charge is -2.26. The maximum atomic E-state index is 12.9. The topological polar surface area (TPSA) is 57.7 Å². The molecule has 0 saturated carbocycles. The molecule has 3 heterocycles. The van der Waals surface area contributed by atoms with Crippen LogP contribution in [0, 0.1) is 5.92 Å².